The Morgan fingerprint density at radius 2 is 1.92 bits per heavy atom. The van der Waals surface area contributed by atoms with Gasteiger partial charge in [0, 0.05) is 50.9 Å². The van der Waals surface area contributed by atoms with Crippen LogP contribution >= 0.6 is 0 Å². The minimum absolute atomic E-state index is 0.419. The maximum absolute atomic E-state index is 4.84. The fraction of sp³-hybridized carbons (Fsp3) is 0.789. The zero-order valence-electron chi connectivity index (χ0n) is 16.4. The Labute approximate surface area is 147 Å². The van der Waals surface area contributed by atoms with Gasteiger partial charge >= 0.3 is 0 Å². The van der Waals surface area contributed by atoms with E-state index < -0.39 is 0 Å². The van der Waals surface area contributed by atoms with Crippen molar-refractivity contribution in [1.29, 1.82) is 0 Å². The highest BCUT2D eigenvalue weighted by Gasteiger charge is 2.62. The van der Waals surface area contributed by atoms with Crippen LogP contribution in [0.25, 0.3) is 0 Å². The molecule has 1 aromatic rings. The van der Waals surface area contributed by atoms with Crippen LogP contribution < -0.4 is 9.80 Å². The van der Waals surface area contributed by atoms with Crippen molar-refractivity contribution in [3.63, 3.8) is 0 Å². The normalized spacial score (nSPS) is 28.0. The number of fused-ring (bicyclic) bond motifs is 1. The SMILES string of the molecule is CCc1cc(N2C[C@@H]3C(C)(C)C[C@]3(CN(C)C)C2)nc(N(C)C)n1. The zero-order valence-corrected chi connectivity index (χ0v) is 16.4. The van der Waals surface area contributed by atoms with E-state index in [1.165, 1.54) is 13.0 Å². The van der Waals surface area contributed by atoms with Crippen molar-refractivity contribution in [3.8, 4) is 0 Å². The number of nitrogens with zero attached hydrogens (tertiary/aromatic N) is 5. The van der Waals surface area contributed by atoms with Gasteiger partial charge in [-0.2, -0.15) is 4.98 Å². The van der Waals surface area contributed by atoms with E-state index in [1.807, 2.05) is 19.0 Å². The molecular weight excluding hydrogens is 298 g/mol. The van der Waals surface area contributed by atoms with Gasteiger partial charge in [0.05, 0.1) is 0 Å². The Kier molecular flexibility index (Phi) is 4.27. The van der Waals surface area contributed by atoms with Gasteiger partial charge in [-0.3, -0.25) is 0 Å². The van der Waals surface area contributed by atoms with Crippen LogP contribution in [-0.4, -0.2) is 62.7 Å². The monoisotopic (exact) mass is 331 g/mol. The van der Waals surface area contributed by atoms with Crippen molar-refractivity contribution in [2.45, 2.75) is 33.6 Å². The predicted octanol–water partition coefficient (Wildman–Crippen LogP) is 2.52. The predicted molar refractivity (Wildman–Crippen MR) is 101 cm³/mol. The third kappa shape index (κ3) is 2.87. The molecule has 2 aliphatic rings. The molecule has 0 bridgehead atoms. The van der Waals surface area contributed by atoms with E-state index in [2.05, 4.69) is 55.7 Å². The maximum Gasteiger partial charge on any atom is 0.227 e. The van der Waals surface area contributed by atoms with E-state index in [0.29, 0.717) is 10.8 Å². The van der Waals surface area contributed by atoms with Gasteiger partial charge in [0.15, 0.2) is 0 Å². The van der Waals surface area contributed by atoms with Crippen molar-refractivity contribution in [1.82, 2.24) is 14.9 Å². The summed E-state index contributed by atoms with van der Waals surface area (Å²) in [6.07, 6.45) is 2.26. The fourth-order valence-corrected chi connectivity index (χ4v) is 5.16. The molecular formula is C19H33N5. The standard InChI is InChI=1S/C19H33N5/c1-8-14-9-16(21-17(20-14)23(6)7)24-10-15-18(2,3)11-19(15,13-24)12-22(4)5/h9,15H,8,10-13H2,1-7H3/t15-,19+/m1/s1. The van der Waals surface area contributed by atoms with E-state index in [-0.39, 0.29) is 0 Å². The van der Waals surface area contributed by atoms with Crippen molar-refractivity contribution < 1.29 is 0 Å². The van der Waals surface area contributed by atoms with Crippen molar-refractivity contribution in [2.24, 2.45) is 16.7 Å². The molecule has 0 amide bonds. The molecule has 1 aliphatic heterocycles. The average Bonchev–Trinajstić information content (AvgIpc) is 2.80. The number of rotatable bonds is 5. The van der Waals surface area contributed by atoms with Crippen LogP contribution in [0.1, 0.15) is 32.9 Å². The lowest BCUT2D eigenvalue weighted by atomic mass is 9.48. The minimum atomic E-state index is 0.419. The number of hydrogen-bond acceptors (Lipinski definition) is 5. The zero-order chi connectivity index (χ0) is 17.7. The first-order valence-electron chi connectivity index (χ1n) is 9.12. The summed E-state index contributed by atoms with van der Waals surface area (Å²) in [5.74, 6) is 2.67. The number of anilines is 2. The average molecular weight is 332 g/mol. The van der Waals surface area contributed by atoms with Crippen LogP contribution in [0, 0.1) is 16.7 Å². The summed E-state index contributed by atoms with van der Waals surface area (Å²) in [6.45, 7) is 10.4. The molecule has 0 N–H and O–H groups in total. The van der Waals surface area contributed by atoms with Crippen LogP contribution in [0.15, 0.2) is 6.07 Å². The van der Waals surface area contributed by atoms with Gasteiger partial charge < -0.3 is 14.7 Å². The summed E-state index contributed by atoms with van der Waals surface area (Å²) in [6, 6.07) is 2.19. The van der Waals surface area contributed by atoms with Gasteiger partial charge in [-0.25, -0.2) is 4.98 Å². The first kappa shape index (κ1) is 17.5. The topological polar surface area (TPSA) is 35.5 Å². The molecule has 2 fully saturated rings. The molecule has 3 rings (SSSR count). The Bertz CT molecular complexity index is 606. The lowest BCUT2D eigenvalue weighted by molar-refractivity contribution is -0.0787. The Hall–Kier alpha value is -1.36. The molecule has 24 heavy (non-hydrogen) atoms. The molecule has 2 atom stereocenters. The van der Waals surface area contributed by atoms with Gasteiger partial charge in [0.2, 0.25) is 5.95 Å². The smallest absolute Gasteiger partial charge is 0.227 e. The number of aryl methyl sites for hydroxylation is 1. The van der Waals surface area contributed by atoms with E-state index >= 15 is 0 Å². The molecule has 2 heterocycles. The molecule has 0 aromatic carbocycles. The second-order valence-corrected chi connectivity index (χ2v) is 8.96. The van der Waals surface area contributed by atoms with Gasteiger partial charge in [-0.1, -0.05) is 20.8 Å². The molecule has 1 aromatic heterocycles. The number of aromatic nitrogens is 2. The lowest BCUT2D eigenvalue weighted by Crippen LogP contribution is -2.57. The lowest BCUT2D eigenvalue weighted by Gasteiger charge is -2.57. The van der Waals surface area contributed by atoms with Crippen LogP contribution in [-0.2, 0) is 6.42 Å². The van der Waals surface area contributed by atoms with E-state index in [4.69, 9.17) is 4.98 Å². The van der Waals surface area contributed by atoms with Crippen LogP contribution in [0.5, 0.6) is 0 Å². The quantitative estimate of drug-likeness (QED) is 0.828. The Balaban J connectivity index is 1.90. The molecule has 1 saturated heterocycles. The third-order valence-electron chi connectivity index (χ3n) is 5.87. The van der Waals surface area contributed by atoms with E-state index in [9.17, 15) is 0 Å². The molecule has 1 aliphatic carbocycles. The summed E-state index contributed by atoms with van der Waals surface area (Å²) in [7, 11) is 8.43. The Morgan fingerprint density at radius 3 is 2.46 bits per heavy atom. The molecule has 0 unspecified atom stereocenters. The molecule has 5 nitrogen and oxygen atoms in total. The summed E-state index contributed by atoms with van der Waals surface area (Å²) in [5.41, 5.74) is 1.99. The first-order valence-corrected chi connectivity index (χ1v) is 9.12. The molecule has 0 radical (unpaired) electrons. The second kappa shape index (κ2) is 5.87. The van der Waals surface area contributed by atoms with E-state index in [1.54, 1.807) is 0 Å². The fourth-order valence-electron chi connectivity index (χ4n) is 5.16. The molecule has 134 valence electrons. The van der Waals surface area contributed by atoms with Crippen molar-refractivity contribution >= 4 is 11.8 Å². The third-order valence-corrected chi connectivity index (χ3v) is 5.87. The van der Waals surface area contributed by atoms with Gasteiger partial charge in [-0.15, -0.1) is 0 Å². The number of hydrogen-bond donors (Lipinski definition) is 0. The largest absolute Gasteiger partial charge is 0.356 e. The van der Waals surface area contributed by atoms with Crippen LogP contribution in [0.3, 0.4) is 0 Å². The van der Waals surface area contributed by atoms with Gasteiger partial charge in [-0.05, 0) is 38.3 Å². The second-order valence-electron chi connectivity index (χ2n) is 8.96. The first-order chi connectivity index (χ1) is 11.2. The summed E-state index contributed by atoms with van der Waals surface area (Å²) >= 11 is 0. The van der Waals surface area contributed by atoms with Crippen molar-refractivity contribution in [3.05, 3.63) is 11.8 Å². The van der Waals surface area contributed by atoms with Crippen molar-refractivity contribution in [2.75, 3.05) is 57.6 Å². The summed E-state index contributed by atoms with van der Waals surface area (Å²) in [5, 5.41) is 0. The van der Waals surface area contributed by atoms with Gasteiger partial charge in [0.1, 0.15) is 5.82 Å². The summed E-state index contributed by atoms with van der Waals surface area (Å²) in [4.78, 5) is 16.4. The molecule has 0 spiro atoms. The Morgan fingerprint density at radius 1 is 1.21 bits per heavy atom. The highest BCUT2D eigenvalue weighted by atomic mass is 15.3. The van der Waals surface area contributed by atoms with Crippen LogP contribution in [0.2, 0.25) is 0 Å². The highest BCUT2D eigenvalue weighted by molar-refractivity contribution is 5.48. The molecule has 5 heteroatoms. The highest BCUT2D eigenvalue weighted by Crippen LogP contribution is 2.63. The molecule has 1 saturated carbocycles. The summed E-state index contributed by atoms with van der Waals surface area (Å²) < 4.78 is 0. The maximum atomic E-state index is 4.84. The van der Waals surface area contributed by atoms with E-state index in [0.717, 1.165) is 42.9 Å². The minimum Gasteiger partial charge on any atom is -0.356 e. The van der Waals surface area contributed by atoms with Crippen LogP contribution in [0.4, 0.5) is 11.8 Å². The van der Waals surface area contributed by atoms with Gasteiger partial charge in [0.25, 0.3) is 0 Å².